The minimum atomic E-state index is -4.63. The van der Waals surface area contributed by atoms with Crippen LogP contribution in [0.15, 0.2) is 36.7 Å². The van der Waals surface area contributed by atoms with Gasteiger partial charge in [-0.15, -0.1) is 5.10 Å². The third-order valence-corrected chi connectivity index (χ3v) is 3.82. The quantitative estimate of drug-likeness (QED) is 0.750. The van der Waals surface area contributed by atoms with Crippen molar-refractivity contribution < 1.29 is 18.0 Å². The van der Waals surface area contributed by atoms with Gasteiger partial charge in [0.25, 0.3) is 5.91 Å². The van der Waals surface area contributed by atoms with E-state index in [1.54, 1.807) is 12.1 Å². The SMILES string of the molecule is Cn1nc(C(F)(F)F)cc1C(=O)Nc1ncn(Cc2ccccc2Cl)n1. The second kappa shape index (κ2) is 6.79. The van der Waals surface area contributed by atoms with Crippen molar-refractivity contribution in [1.29, 1.82) is 0 Å². The normalized spacial score (nSPS) is 11.6. The number of alkyl halides is 3. The van der Waals surface area contributed by atoms with Gasteiger partial charge in [-0.25, -0.2) is 9.67 Å². The molecule has 0 spiro atoms. The largest absolute Gasteiger partial charge is 0.435 e. The number of hydrogen-bond donors (Lipinski definition) is 1. The van der Waals surface area contributed by atoms with E-state index < -0.39 is 17.8 Å². The first kappa shape index (κ1) is 17.9. The fourth-order valence-corrected chi connectivity index (χ4v) is 2.41. The van der Waals surface area contributed by atoms with Crippen LogP contribution in [0.4, 0.5) is 19.1 Å². The second-order valence-electron chi connectivity index (χ2n) is 5.35. The van der Waals surface area contributed by atoms with Gasteiger partial charge in [0, 0.05) is 18.1 Å². The van der Waals surface area contributed by atoms with E-state index in [2.05, 4.69) is 20.5 Å². The number of anilines is 1. The highest BCUT2D eigenvalue weighted by Crippen LogP contribution is 2.28. The number of aromatic nitrogens is 5. The maximum absolute atomic E-state index is 12.7. The summed E-state index contributed by atoms with van der Waals surface area (Å²) in [7, 11) is 1.24. The molecular weight excluding hydrogens is 373 g/mol. The van der Waals surface area contributed by atoms with Crippen LogP contribution in [0.2, 0.25) is 5.02 Å². The number of carbonyl (C=O) groups is 1. The van der Waals surface area contributed by atoms with Crippen LogP contribution in [0.25, 0.3) is 0 Å². The van der Waals surface area contributed by atoms with Crippen molar-refractivity contribution >= 4 is 23.5 Å². The Morgan fingerprint density at radius 1 is 1.27 bits per heavy atom. The van der Waals surface area contributed by atoms with Crippen LogP contribution >= 0.6 is 11.6 Å². The number of halogens is 4. The molecule has 26 heavy (non-hydrogen) atoms. The fraction of sp³-hybridized carbons (Fsp3) is 0.200. The second-order valence-corrected chi connectivity index (χ2v) is 5.75. The molecule has 7 nitrogen and oxygen atoms in total. The van der Waals surface area contributed by atoms with E-state index in [1.165, 1.54) is 18.1 Å². The average molecular weight is 385 g/mol. The molecule has 1 amide bonds. The van der Waals surface area contributed by atoms with Gasteiger partial charge in [0.15, 0.2) is 5.69 Å². The molecule has 11 heteroatoms. The molecule has 1 N–H and O–H groups in total. The van der Waals surface area contributed by atoms with Gasteiger partial charge in [0.1, 0.15) is 12.0 Å². The van der Waals surface area contributed by atoms with Crippen LogP contribution in [0.5, 0.6) is 0 Å². The maximum Gasteiger partial charge on any atom is 0.435 e. The summed E-state index contributed by atoms with van der Waals surface area (Å²) in [5, 5.41) is 10.2. The van der Waals surface area contributed by atoms with Crippen molar-refractivity contribution in [3.8, 4) is 0 Å². The predicted octanol–water partition coefficient (Wildman–Crippen LogP) is 2.98. The fourth-order valence-electron chi connectivity index (χ4n) is 2.21. The minimum Gasteiger partial charge on any atom is -0.288 e. The minimum absolute atomic E-state index is 0.0446. The number of amides is 1. The number of nitrogens with one attached hydrogen (secondary N) is 1. The predicted molar refractivity (Wildman–Crippen MR) is 86.7 cm³/mol. The van der Waals surface area contributed by atoms with Gasteiger partial charge >= 0.3 is 6.18 Å². The number of carbonyl (C=O) groups excluding carboxylic acids is 1. The molecule has 0 radical (unpaired) electrons. The van der Waals surface area contributed by atoms with Gasteiger partial charge in [-0.2, -0.15) is 18.3 Å². The van der Waals surface area contributed by atoms with Crippen molar-refractivity contribution in [3.05, 3.63) is 58.6 Å². The summed E-state index contributed by atoms with van der Waals surface area (Å²) in [6.07, 6.45) is -3.26. The van der Waals surface area contributed by atoms with E-state index in [0.717, 1.165) is 10.2 Å². The van der Waals surface area contributed by atoms with Crippen molar-refractivity contribution in [1.82, 2.24) is 24.5 Å². The zero-order valence-corrected chi connectivity index (χ0v) is 14.1. The lowest BCUT2D eigenvalue weighted by Crippen LogP contribution is -2.17. The lowest BCUT2D eigenvalue weighted by atomic mass is 10.2. The third kappa shape index (κ3) is 3.85. The Labute approximate surface area is 150 Å². The van der Waals surface area contributed by atoms with Crippen LogP contribution < -0.4 is 5.32 Å². The van der Waals surface area contributed by atoms with E-state index in [9.17, 15) is 18.0 Å². The molecular formula is C15H12ClF3N6O. The Balaban J connectivity index is 1.72. The van der Waals surface area contributed by atoms with Gasteiger partial charge in [0.2, 0.25) is 5.95 Å². The molecule has 2 heterocycles. The summed E-state index contributed by atoms with van der Waals surface area (Å²) in [6, 6.07) is 7.83. The van der Waals surface area contributed by atoms with E-state index in [4.69, 9.17) is 11.6 Å². The summed E-state index contributed by atoms with van der Waals surface area (Å²) >= 11 is 6.07. The van der Waals surface area contributed by atoms with Crippen molar-refractivity contribution in [3.63, 3.8) is 0 Å². The Hall–Kier alpha value is -2.88. The summed E-state index contributed by atoms with van der Waals surface area (Å²) < 4.78 is 40.3. The highest BCUT2D eigenvalue weighted by Gasteiger charge is 2.35. The first-order valence-electron chi connectivity index (χ1n) is 7.29. The molecule has 0 fully saturated rings. The topological polar surface area (TPSA) is 77.6 Å². The summed E-state index contributed by atoms with van der Waals surface area (Å²) in [5.74, 6) is -0.845. The molecule has 3 aromatic rings. The van der Waals surface area contributed by atoms with E-state index in [-0.39, 0.29) is 11.6 Å². The molecule has 1 aromatic carbocycles. The van der Waals surface area contributed by atoms with Crippen LogP contribution in [-0.2, 0) is 19.8 Å². The van der Waals surface area contributed by atoms with Gasteiger partial charge in [-0.05, 0) is 11.6 Å². The molecule has 3 rings (SSSR count). The lowest BCUT2D eigenvalue weighted by Gasteiger charge is -2.03. The van der Waals surface area contributed by atoms with Crippen molar-refractivity contribution in [2.24, 2.45) is 7.05 Å². The highest BCUT2D eigenvalue weighted by molar-refractivity contribution is 6.31. The molecule has 0 atom stereocenters. The summed E-state index contributed by atoms with van der Waals surface area (Å²) in [6.45, 7) is 0.326. The van der Waals surface area contributed by atoms with Crippen LogP contribution in [-0.4, -0.2) is 30.5 Å². The van der Waals surface area contributed by atoms with Gasteiger partial charge in [-0.3, -0.25) is 14.8 Å². The Bertz CT molecular complexity index is 949. The van der Waals surface area contributed by atoms with Gasteiger partial charge in [0.05, 0.1) is 6.54 Å². The number of aryl methyl sites for hydroxylation is 1. The molecule has 0 aliphatic carbocycles. The summed E-state index contributed by atoms with van der Waals surface area (Å²) in [5.41, 5.74) is -0.611. The van der Waals surface area contributed by atoms with Crippen molar-refractivity contribution in [2.75, 3.05) is 5.32 Å². The standard InChI is InChI=1S/C15H12ClF3N6O/c1-24-11(6-12(22-24)15(17,18)19)13(26)21-14-20-8-25(23-14)7-9-4-2-3-5-10(9)16/h2-6,8H,7H2,1H3,(H,21,23,26). The van der Waals surface area contributed by atoms with Crippen LogP contribution in [0, 0.1) is 0 Å². The molecule has 2 aromatic heterocycles. The van der Waals surface area contributed by atoms with Gasteiger partial charge in [-0.1, -0.05) is 29.8 Å². The smallest absolute Gasteiger partial charge is 0.288 e. The summed E-state index contributed by atoms with van der Waals surface area (Å²) in [4.78, 5) is 16.1. The van der Waals surface area contributed by atoms with Gasteiger partial charge < -0.3 is 0 Å². The first-order chi connectivity index (χ1) is 12.2. The van der Waals surface area contributed by atoms with E-state index in [0.29, 0.717) is 17.6 Å². The highest BCUT2D eigenvalue weighted by atomic mass is 35.5. The zero-order chi connectivity index (χ0) is 18.9. The van der Waals surface area contributed by atoms with Crippen LogP contribution in [0.1, 0.15) is 21.7 Å². The first-order valence-corrected chi connectivity index (χ1v) is 7.67. The Morgan fingerprint density at radius 3 is 2.65 bits per heavy atom. The van der Waals surface area contributed by atoms with Crippen LogP contribution in [0.3, 0.4) is 0 Å². The average Bonchev–Trinajstić information content (AvgIpc) is 3.16. The molecule has 0 aliphatic rings. The van der Waals surface area contributed by atoms with E-state index in [1.807, 2.05) is 12.1 Å². The monoisotopic (exact) mass is 384 g/mol. The molecule has 0 saturated heterocycles. The molecule has 136 valence electrons. The number of hydrogen-bond acceptors (Lipinski definition) is 4. The van der Waals surface area contributed by atoms with Crippen molar-refractivity contribution in [2.45, 2.75) is 12.7 Å². The maximum atomic E-state index is 12.7. The number of rotatable bonds is 4. The van der Waals surface area contributed by atoms with E-state index >= 15 is 0 Å². The Kier molecular flexibility index (Phi) is 4.68. The Morgan fingerprint density at radius 2 is 2.00 bits per heavy atom. The molecule has 0 aliphatic heterocycles. The lowest BCUT2D eigenvalue weighted by molar-refractivity contribution is -0.141. The number of nitrogens with zero attached hydrogens (tertiary/aromatic N) is 5. The molecule has 0 saturated carbocycles. The molecule has 0 unspecified atom stereocenters. The number of benzene rings is 1. The third-order valence-electron chi connectivity index (χ3n) is 3.45. The zero-order valence-electron chi connectivity index (χ0n) is 13.3. The molecule has 0 bridgehead atoms.